The molecule has 0 saturated heterocycles. The van der Waals surface area contributed by atoms with E-state index in [1.807, 2.05) is 30.0 Å². The number of likely N-dealkylation sites (N-methyl/N-ethyl adjacent to an activating group) is 2. The van der Waals surface area contributed by atoms with E-state index in [-0.39, 0.29) is 37.3 Å². The molecule has 4 aliphatic carbocycles. The van der Waals surface area contributed by atoms with Crippen molar-refractivity contribution >= 4 is 47.6 Å². The van der Waals surface area contributed by atoms with Crippen LogP contribution in [0.25, 0.3) is 11.0 Å². The van der Waals surface area contributed by atoms with E-state index < -0.39 is 10.0 Å². The summed E-state index contributed by atoms with van der Waals surface area (Å²) in [6.45, 7) is 8.68. The molecular weight excluding hydrogens is 677 g/mol. The van der Waals surface area contributed by atoms with Crippen LogP contribution in [0, 0.1) is 40.4 Å². The first kappa shape index (κ1) is 35.1. The van der Waals surface area contributed by atoms with E-state index in [4.69, 9.17) is 0 Å². The Labute approximate surface area is 288 Å². The van der Waals surface area contributed by atoms with Crippen LogP contribution in [0.4, 0.5) is 5.69 Å². The zero-order valence-electron chi connectivity index (χ0n) is 29.4. The standard InChI is InChI=1S/C36H55N5O4SSe/c1-23(27-11-12-28-26-10-9-24-22-25(42)16-18-35(24,2)29(26)17-19-36(27,28)3)8-15-32(43)41(7)21-20-40(6)30-13-14-31(46(44,45)39(4)5)34-33(30)37-47-38-34/h9,13-14,23,25-29,42H,8,10-12,15-22H2,1-7H3/t23-,25?,26+,27-,28+,29+,35+,36-/m1/s1. The van der Waals surface area contributed by atoms with Crippen molar-refractivity contribution in [1.82, 2.24) is 17.2 Å². The van der Waals surface area contributed by atoms with Crippen LogP contribution in [0.2, 0.25) is 0 Å². The van der Waals surface area contributed by atoms with Crippen molar-refractivity contribution < 1.29 is 18.3 Å². The van der Waals surface area contributed by atoms with Crippen molar-refractivity contribution in [3.05, 3.63) is 23.8 Å². The SMILES string of the molecule is C[C@H](CCC(=O)N(C)CCN(C)c1ccc(S(=O)(=O)N(C)C)c2n[se]nc12)[C@H]1CC[C@H]2[C@@H]3CC=C4CC(O)CC[C@]4(C)[C@H]3CC[C@]12C. The number of anilines is 1. The summed E-state index contributed by atoms with van der Waals surface area (Å²) in [5, 5.41) is 10.4. The fraction of sp³-hybridized carbons (Fsp3) is 0.750. The van der Waals surface area contributed by atoms with Crippen molar-refractivity contribution in [1.29, 1.82) is 0 Å². The Kier molecular flexibility index (Phi) is 9.82. The normalized spacial score (nSPS) is 32.8. The summed E-state index contributed by atoms with van der Waals surface area (Å²) < 4.78 is 35.9. The van der Waals surface area contributed by atoms with E-state index in [9.17, 15) is 18.3 Å². The van der Waals surface area contributed by atoms with E-state index in [0.717, 1.165) is 49.1 Å². The van der Waals surface area contributed by atoms with Gasteiger partial charge in [0.25, 0.3) is 0 Å². The number of aliphatic hydroxyl groups is 1. The minimum Gasteiger partial charge on any atom is -0.393 e. The average Bonchev–Trinajstić information content (AvgIpc) is 3.66. The number of sulfonamides is 1. The number of allylic oxidation sites excluding steroid dienone is 1. The minimum absolute atomic E-state index is 0.152. The Balaban J connectivity index is 1.03. The van der Waals surface area contributed by atoms with Gasteiger partial charge >= 0.3 is 173 Å². The number of benzene rings is 1. The van der Waals surface area contributed by atoms with Gasteiger partial charge in [0.2, 0.25) is 0 Å². The summed E-state index contributed by atoms with van der Waals surface area (Å²) in [6.07, 6.45) is 13.2. The number of carbonyl (C=O) groups excluding carboxylic acids is 1. The van der Waals surface area contributed by atoms with Gasteiger partial charge < -0.3 is 5.11 Å². The van der Waals surface area contributed by atoms with Gasteiger partial charge in [0, 0.05) is 0 Å². The third-order valence-electron chi connectivity index (χ3n) is 13.4. The second-order valence-electron chi connectivity index (χ2n) is 16.0. The van der Waals surface area contributed by atoms with Crippen LogP contribution in [0.3, 0.4) is 0 Å². The Hall–Kier alpha value is -1.78. The molecule has 1 unspecified atom stereocenters. The number of carbonyl (C=O) groups is 1. The third-order valence-corrected chi connectivity index (χ3v) is 16.3. The summed E-state index contributed by atoms with van der Waals surface area (Å²) >= 11 is -0.371. The smallest absolute Gasteiger partial charge is 0.393 e. The number of amides is 1. The van der Waals surface area contributed by atoms with E-state index in [1.165, 1.54) is 50.5 Å². The molecule has 1 amide bonds. The summed E-state index contributed by atoms with van der Waals surface area (Å²) in [7, 11) is 3.28. The number of fused-ring (bicyclic) bond motifs is 6. The van der Waals surface area contributed by atoms with E-state index in [2.05, 4.69) is 34.8 Å². The first-order chi connectivity index (χ1) is 22.2. The predicted octanol–water partition coefficient (Wildman–Crippen LogP) is 5.19. The van der Waals surface area contributed by atoms with Gasteiger partial charge in [-0.25, -0.2) is 0 Å². The topological polar surface area (TPSA) is 107 Å². The van der Waals surface area contributed by atoms with Gasteiger partial charge in [0.15, 0.2) is 0 Å². The minimum atomic E-state index is -3.62. The first-order valence-electron chi connectivity index (χ1n) is 17.7. The molecule has 1 N–H and O–H groups in total. The predicted molar refractivity (Wildman–Crippen MR) is 188 cm³/mol. The number of nitrogens with zero attached hydrogens (tertiary/aromatic N) is 5. The van der Waals surface area contributed by atoms with Crippen LogP contribution in [-0.4, -0.2) is 98.9 Å². The summed E-state index contributed by atoms with van der Waals surface area (Å²) in [5.74, 6) is 3.65. The summed E-state index contributed by atoms with van der Waals surface area (Å²) in [5.41, 5.74) is 4.10. The zero-order valence-corrected chi connectivity index (χ0v) is 31.9. The van der Waals surface area contributed by atoms with Crippen molar-refractivity contribution in [2.45, 2.75) is 96.0 Å². The molecule has 260 valence electrons. The van der Waals surface area contributed by atoms with Crippen LogP contribution in [0.15, 0.2) is 28.7 Å². The molecule has 6 rings (SSSR count). The van der Waals surface area contributed by atoms with Gasteiger partial charge in [0.1, 0.15) is 0 Å². The number of aromatic nitrogens is 2. The second kappa shape index (κ2) is 13.2. The van der Waals surface area contributed by atoms with Gasteiger partial charge in [-0.3, -0.25) is 0 Å². The molecule has 1 aromatic heterocycles. The van der Waals surface area contributed by atoms with E-state index >= 15 is 0 Å². The van der Waals surface area contributed by atoms with Gasteiger partial charge in [-0.1, -0.05) is 25.5 Å². The molecular formula is C36H55N5O4SSe. The molecule has 2 aromatic rings. The maximum absolute atomic E-state index is 13.3. The Morgan fingerprint density at radius 1 is 1.02 bits per heavy atom. The third kappa shape index (κ3) is 6.15. The molecule has 0 aliphatic heterocycles. The monoisotopic (exact) mass is 733 g/mol. The zero-order chi connectivity index (χ0) is 33.9. The summed E-state index contributed by atoms with van der Waals surface area (Å²) in [4.78, 5) is 17.4. The van der Waals surface area contributed by atoms with E-state index in [1.54, 1.807) is 11.6 Å². The second-order valence-corrected chi connectivity index (χ2v) is 19.2. The Morgan fingerprint density at radius 3 is 2.51 bits per heavy atom. The maximum atomic E-state index is 13.3. The first-order valence-corrected chi connectivity index (χ1v) is 20.7. The van der Waals surface area contributed by atoms with Crippen molar-refractivity contribution in [3.63, 3.8) is 0 Å². The number of rotatable bonds is 10. The van der Waals surface area contributed by atoms with Crippen molar-refractivity contribution in [2.75, 3.05) is 46.2 Å². The van der Waals surface area contributed by atoms with Gasteiger partial charge in [-0.2, -0.15) is 0 Å². The van der Waals surface area contributed by atoms with Crippen LogP contribution in [0.5, 0.6) is 0 Å². The molecule has 0 bridgehead atoms. The molecule has 9 nitrogen and oxygen atoms in total. The number of hydrogen-bond acceptors (Lipinski definition) is 7. The van der Waals surface area contributed by atoms with Crippen LogP contribution >= 0.6 is 0 Å². The molecule has 1 heterocycles. The molecule has 1 aromatic carbocycles. The van der Waals surface area contributed by atoms with Gasteiger partial charge in [-0.05, 0) is 80.0 Å². The molecule has 4 aliphatic rings. The fourth-order valence-electron chi connectivity index (χ4n) is 10.4. The van der Waals surface area contributed by atoms with Crippen LogP contribution in [-0.2, 0) is 14.8 Å². The fourth-order valence-corrected chi connectivity index (χ4v) is 12.8. The van der Waals surface area contributed by atoms with E-state index in [0.29, 0.717) is 47.8 Å². The molecule has 0 radical (unpaired) electrons. The number of hydrogen-bond donors (Lipinski definition) is 1. The molecule has 47 heavy (non-hydrogen) atoms. The molecule has 3 saturated carbocycles. The molecule has 3 fully saturated rings. The van der Waals surface area contributed by atoms with Crippen LogP contribution in [0.1, 0.15) is 85.0 Å². The van der Waals surface area contributed by atoms with Crippen molar-refractivity contribution in [2.24, 2.45) is 40.4 Å². The molecule has 0 spiro atoms. The Morgan fingerprint density at radius 2 is 1.77 bits per heavy atom. The molecule has 8 atom stereocenters. The molecule has 11 heteroatoms. The summed E-state index contributed by atoms with van der Waals surface area (Å²) in [6, 6.07) is 3.44. The van der Waals surface area contributed by atoms with Crippen LogP contribution < -0.4 is 4.90 Å². The van der Waals surface area contributed by atoms with Gasteiger partial charge in [-0.15, -0.1) is 0 Å². The quantitative estimate of drug-likeness (QED) is 0.265. The van der Waals surface area contributed by atoms with Crippen molar-refractivity contribution in [3.8, 4) is 0 Å². The average molecular weight is 733 g/mol. The van der Waals surface area contributed by atoms with Gasteiger partial charge in [0.05, 0.1) is 6.10 Å². The Bertz CT molecular complexity index is 1630. The number of aliphatic hydroxyl groups excluding tert-OH is 1.